The van der Waals surface area contributed by atoms with Gasteiger partial charge in [0.05, 0.1) is 0 Å². The van der Waals surface area contributed by atoms with Crippen LogP contribution < -0.4 is 0 Å². The first-order valence-corrected chi connectivity index (χ1v) is 7.94. The normalized spacial score (nSPS) is 21.5. The van der Waals surface area contributed by atoms with Crippen LogP contribution in [0.3, 0.4) is 0 Å². The van der Waals surface area contributed by atoms with Crippen molar-refractivity contribution in [1.82, 2.24) is 4.31 Å². The molecule has 0 aromatic heterocycles. The molecule has 1 aromatic rings. The van der Waals surface area contributed by atoms with E-state index in [-0.39, 0.29) is 12.5 Å². The summed E-state index contributed by atoms with van der Waals surface area (Å²) in [7, 11) is -3.92. The molecule has 1 aromatic carbocycles. The second-order valence-corrected chi connectivity index (χ2v) is 6.82. The number of piperidine rings is 1. The lowest BCUT2D eigenvalue weighted by molar-refractivity contribution is 0.282. The van der Waals surface area contributed by atoms with Gasteiger partial charge in [-0.05, 0) is 30.9 Å². The minimum Gasteiger partial charge on any atom is -0.207 e. The van der Waals surface area contributed by atoms with Crippen LogP contribution >= 0.6 is 11.6 Å². The van der Waals surface area contributed by atoms with Crippen LogP contribution in [0.15, 0.2) is 23.1 Å². The van der Waals surface area contributed by atoms with E-state index in [4.69, 9.17) is 11.6 Å². The minimum atomic E-state index is -3.92. The molecule has 19 heavy (non-hydrogen) atoms. The number of nitrogens with zero attached hydrogens (tertiary/aromatic N) is 1. The molecule has 1 heterocycles. The Morgan fingerprint density at radius 1 is 1.37 bits per heavy atom. The molecule has 0 bridgehead atoms. The van der Waals surface area contributed by atoms with E-state index in [9.17, 15) is 17.2 Å². The highest BCUT2D eigenvalue weighted by Crippen LogP contribution is 2.26. The van der Waals surface area contributed by atoms with Crippen LogP contribution in [0.2, 0.25) is 0 Å². The zero-order valence-electron chi connectivity index (χ0n) is 10.2. The first kappa shape index (κ1) is 14.7. The molecule has 7 heteroatoms. The molecule has 0 radical (unpaired) electrons. The van der Waals surface area contributed by atoms with Gasteiger partial charge in [0, 0.05) is 25.0 Å². The fourth-order valence-electron chi connectivity index (χ4n) is 2.19. The van der Waals surface area contributed by atoms with Crippen molar-refractivity contribution in [2.75, 3.05) is 19.0 Å². The molecule has 1 aliphatic rings. The predicted molar refractivity (Wildman–Crippen MR) is 68.6 cm³/mol. The molecular weight excluding hydrogens is 296 g/mol. The lowest BCUT2D eigenvalue weighted by Crippen LogP contribution is -2.40. The van der Waals surface area contributed by atoms with Crippen molar-refractivity contribution in [1.29, 1.82) is 0 Å². The second kappa shape index (κ2) is 5.73. The summed E-state index contributed by atoms with van der Waals surface area (Å²) in [5.41, 5.74) is 0. The largest absolute Gasteiger partial charge is 0.245 e. The highest BCUT2D eigenvalue weighted by molar-refractivity contribution is 7.89. The van der Waals surface area contributed by atoms with Crippen LogP contribution in [0.4, 0.5) is 8.78 Å². The van der Waals surface area contributed by atoms with Gasteiger partial charge < -0.3 is 0 Å². The fourth-order valence-corrected chi connectivity index (χ4v) is 4.05. The van der Waals surface area contributed by atoms with Gasteiger partial charge in [0.25, 0.3) is 0 Å². The smallest absolute Gasteiger partial charge is 0.207 e. The third-order valence-corrected chi connectivity index (χ3v) is 5.55. The molecule has 1 saturated heterocycles. The molecule has 0 amide bonds. The molecule has 0 aliphatic carbocycles. The van der Waals surface area contributed by atoms with E-state index in [1.54, 1.807) is 0 Å². The van der Waals surface area contributed by atoms with Crippen LogP contribution in [0.5, 0.6) is 0 Å². The number of benzene rings is 1. The third-order valence-electron chi connectivity index (χ3n) is 3.21. The molecule has 0 spiro atoms. The standard InChI is InChI=1S/C12H14ClF2NO2S/c13-7-9-2-1-5-16(8-9)19(17,18)12-4-3-10(14)6-11(12)15/h3-4,6,9H,1-2,5,7-8H2. The number of hydrogen-bond donors (Lipinski definition) is 0. The summed E-state index contributed by atoms with van der Waals surface area (Å²) in [6.07, 6.45) is 1.56. The van der Waals surface area contributed by atoms with Crippen molar-refractivity contribution in [2.45, 2.75) is 17.7 Å². The van der Waals surface area contributed by atoms with Gasteiger partial charge in [-0.3, -0.25) is 0 Å². The first-order valence-electron chi connectivity index (χ1n) is 5.96. The quantitative estimate of drug-likeness (QED) is 0.805. The molecule has 1 aliphatic heterocycles. The summed E-state index contributed by atoms with van der Waals surface area (Å²) in [6, 6.07) is 2.49. The van der Waals surface area contributed by atoms with Crippen molar-refractivity contribution in [3.05, 3.63) is 29.8 Å². The second-order valence-electron chi connectivity index (χ2n) is 4.60. The van der Waals surface area contributed by atoms with E-state index in [1.807, 2.05) is 0 Å². The Labute approximate surface area is 116 Å². The Bertz CT molecular complexity index is 565. The van der Waals surface area contributed by atoms with Gasteiger partial charge >= 0.3 is 0 Å². The molecule has 2 rings (SSSR count). The maximum absolute atomic E-state index is 13.6. The maximum Gasteiger partial charge on any atom is 0.245 e. The Balaban J connectivity index is 2.31. The molecule has 106 valence electrons. The van der Waals surface area contributed by atoms with Crippen molar-refractivity contribution >= 4 is 21.6 Å². The summed E-state index contributed by atoms with van der Waals surface area (Å²) in [5.74, 6) is -1.41. The van der Waals surface area contributed by atoms with E-state index in [0.29, 0.717) is 24.9 Å². The third kappa shape index (κ3) is 3.07. The van der Waals surface area contributed by atoms with E-state index < -0.39 is 26.6 Å². The Morgan fingerprint density at radius 2 is 2.11 bits per heavy atom. The summed E-state index contributed by atoms with van der Waals surface area (Å²) < 4.78 is 52.3. The molecule has 0 N–H and O–H groups in total. The van der Waals surface area contributed by atoms with Gasteiger partial charge in [0.2, 0.25) is 10.0 Å². The predicted octanol–water partition coefficient (Wildman–Crippen LogP) is 2.60. The highest BCUT2D eigenvalue weighted by Gasteiger charge is 2.31. The van der Waals surface area contributed by atoms with E-state index in [1.165, 1.54) is 4.31 Å². The number of alkyl halides is 1. The van der Waals surface area contributed by atoms with Gasteiger partial charge in [-0.1, -0.05) is 0 Å². The van der Waals surface area contributed by atoms with Crippen LogP contribution in [0, 0.1) is 17.6 Å². The van der Waals surface area contributed by atoms with Crippen molar-refractivity contribution in [3.8, 4) is 0 Å². The van der Waals surface area contributed by atoms with E-state index in [0.717, 1.165) is 18.6 Å². The summed E-state index contributed by atoms with van der Waals surface area (Å²) in [6.45, 7) is 0.620. The van der Waals surface area contributed by atoms with Crippen LogP contribution in [-0.2, 0) is 10.0 Å². The number of halogens is 3. The van der Waals surface area contributed by atoms with Gasteiger partial charge in [-0.2, -0.15) is 4.31 Å². The lowest BCUT2D eigenvalue weighted by Gasteiger charge is -2.30. The fraction of sp³-hybridized carbons (Fsp3) is 0.500. The molecular formula is C12H14ClF2NO2S. The Kier molecular flexibility index (Phi) is 4.43. The van der Waals surface area contributed by atoms with Crippen LogP contribution in [-0.4, -0.2) is 31.7 Å². The zero-order chi connectivity index (χ0) is 14.0. The van der Waals surface area contributed by atoms with Crippen molar-refractivity contribution in [2.24, 2.45) is 5.92 Å². The average molecular weight is 310 g/mol. The van der Waals surface area contributed by atoms with Crippen LogP contribution in [0.25, 0.3) is 0 Å². The van der Waals surface area contributed by atoms with Crippen molar-refractivity contribution in [3.63, 3.8) is 0 Å². The monoisotopic (exact) mass is 309 g/mol. The summed E-state index contributed by atoms with van der Waals surface area (Å²) in [5, 5.41) is 0. The molecule has 1 atom stereocenters. The molecule has 1 unspecified atom stereocenters. The maximum atomic E-state index is 13.6. The highest BCUT2D eigenvalue weighted by atomic mass is 35.5. The summed E-state index contributed by atoms with van der Waals surface area (Å²) in [4.78, 5) is -0.482. The first-order chi connectivity index (χ1) is 8.95. The lowest BCUT2D eigenvalue weighted by atomic mass is 10.0. The number of sulfonamides is 1. The van der Waals surface area contributed by atoms with Crippen molar-refractivity contribution < 1.29 is 17.2 Å². The Morgan fingerprint density at radius 3 is 2.74 bits per heavy atom. The van der Waals surface area contributed by atoms with Gasteiger partial charge in [-0.25, -0.2) is 17.2 Å². The number of hydrogen-bond acceptors (Lipinski definition) is 2. The van der Waals surface area contributed by atoms with Gasteiger partial charge in [0.15, 0.2) is 0 Å². The Hall–Kier alpha value is -0.720. The molecule has 0 saturated carbocycles. The molecule has 3 nitrogen and oxygen atoms in total. The topological polar surface area (TPSA) is 37.4 Å². The number of rotatable bonds is 3. The summed E-state index contributed by atoms with van der Waals surface area (Å²) >= 11 is 5.75. The van der Waals surface area contributed by atoms with E-state index in [2.05, 4.69) is 0 Å². The average Bonchev–Trinajstić information content (AvgIpc) is 2.38. The molecule has 1 fully saturated rings. The van der Waals surface area contributed by atoms with Crippen LogP contribution in [0.1, 0.15) is 12.8 Å². The van der Waals surface area contributed by atoms with Gasteiger partial charge in [-0.15, -0.1) is 11.6 Å². The van der Waals surface area contributed by atoms with E-state index >= 15 is 0 Å². The van der Waals surface area contributed by atoms with Gasteiger partial charge in [0.1, 0.15) is 16.5 Å². The SMILES string of the molecule is O=S(=O)(c1ccc(F)cc1F)N1CCCC(CCl)C1. The minimum absolute atomic E-state index is 0.0775. The zero-order valence-corrected chi connectivity index (χ0v) is 11.7.